The molecule has 30 heavy (non-hydrogen) atoms. The van der Waals surface area contributed by atoms with Crippen LogP contribution in [0.3, 0.4) is 0 Å². The van der Waals surface area contributed by atoms with Gasteiger partial charge in [-0.2, -0.15) is 0 Å². The molecule has 2 aromatic carbocycles. The number of nitrogens with one attached hydrogen (secondary N) is 1. The Morgan fingerprint density at radius 3 is 2.37 bits per heavy atom. The molecule has 160 valence electrons. The predicted octanol–water partition coefficient (Wildman–Crippen LogP) is 3.61. The molecule has 0 heterocycles. The molecule has 0 bridgehead atoms. The summed E-state index contributed by atoms with van der Waals surface area (Å²) in [6.45, 7) is 5.49. The van der Waals surface area contributed by atoms with Crippen molar-refractivity contribution in [2.24, 2.45) is 0 Å². The standard InChI is InChI=1S/C22H26FN3O4/c1-4-15(2)24-22(28)16(3)25(14-17-9-11-19(23)12-10-17)21(27)13-18-7-5-6-8-20(18)26(29)30/h5-12,15-16H,4,13-14H2,1-3H3,(H,24,28)/t15-,16+/m0/s1. The molecular weight excluding hydrogens is 389 g/mol. The summed E-state index contributed by atoms with van der Waals surface area (Å²) in [4.78, 5) is 37.9. The van der Waals surface area contributed by atoms with Crippen molar-refractivity contribution >= 4 is 17.5 Å². The number of nitro groups is 1. The van der Waals surface area contributed by atoms with Crippen molar-refractivity contribution in [1.82, 2.24) is 10.2 Å². The van der Waals surface area contributed by atoms with E-state index in [1.165, 1.54) is 35.2 Å². The van der Waals surface area contributed by atoms with Gasteiger partial charge in [0.2, 0.25) is 11.8 Å². The maximum Gasteiger partial charge on any atom is 0.273 e. The van der Waals surface area contributed by atoms with Crippen LogP contribution in [-0.2, 0) is 22.6 Å². The van der Waals surface area contributed by atoms with Crippen LogP contribution in [0, 0.1) is 15.9 Å². The summed E-state index contributed by atoms with van der Waals surface area (Å²) in [7, 11) is 0. The average Bonchev–Trinajstić information content (AvgIpc) is 2.72. The quantitative estimate of drug-likeness (QED) is 0.500. The lowest BCUT2D eigenvalue weighted by molar-refractivity contribution is -0.385. The van der Waals surface area contributed by atoms with E-state index >= 15 is 0 Å². The molecule has 1 N–H and O–H groups in total. The molecule has 2 aromatic rings. The van der Waals surface area contributed by atoms with Crippen molar-refractivity contribution in [3.05, 3.63) is 75.6 Å². The molecule has 0 radical (unpaired) electrons. The normalized spacial score (nSPS) is 12.7. The van der Waals surface area contributed by atoms with E-state index in [2.05, 4.69) is 5.32 Å². The Morgan fingerprint density at radius 1 is 1.13 bits per heavy atom. The highest BCUT2D eigenvalue weighted by Crippen LogP contribution is 2.20. The Kier molecular flexibility index (Phi) is 8.03. The monoisotopic (exact) mass is 415 g/mol. The van der Waals surface area contributed by atoms with Gasteiger partial charge in [0.05, 0.1) is 11.3 Å². The molecular formula is C22H26FN3O4. The van der Waals surface area contributed by atoms with Crippen molar-refractivity contribution in [3.63, 3.8) is 0 Å². The minimum atomic E-state index is -0.806. The third-order valence-electron chi connectivity index (χ3n) is 4.96. The smallest absolute Gasteiger partial charge is 0.273 e. The van der Waals surface area contributed by atoms with Crippen LogP contribution in [0.5, 0.6) is 0 Å². The first-order valence-electron chi connectivity index (χ1n) is 9.79. The number of nitro benzene ring substituents is 1. The zero-order valence-corrected chi connectivity index (χ0v) is 17.3. The van der Waals surface area contributed by atoms with Gasteiger partial charge in [0.15, 0.2) is 0 Å². The summed E-state index contributed by atoms with van der Waals surface area (Å²) >= 11 is 0. The number of hydrogen-bond acceptors (Lipinski definition) is 4. The zero-order valence-electron chi connectivity index (χ0n) is 17.3. The Balaban J connectivity index is 2.29. The van der Waals surface area contributed by atoms with Crippen molar-refractivity contribution in [1.29, 1.82) is 0 Å². The largest absolute Gasteiger partial charge is 0.352 e. The molecule has 0 unspecified atom stereocenters. The second-order valence-corrected chi connectivity index (χ2v) is 7.20. The number of nitrogens with zero attached hydrogens (tertiary/aromatic N) is 2. The van der Waals surface area contributed by atoms with Gasteiger partial charge in [-0.3, -0.25) is 19.7 Å². The summed E-state index contributed by atoms with van der Waals surface area (Å²) < 4.78 is 13.3. The lowest BCUT2D eigenvalue weighted by atomic mass is 10.1. The van der Waals surface area contributed by atoms with Gasteiger partial charge in [-0.05, 0) is 38.0 Å². The molecule has 2 atom stereocenters. The Bertz CT molecular complexity index is 902. The molecule has 2 amide bonds. The lowest BCUT2D eigenvalue weighted by Gasteiger charge is -2.29. The maximum absolute atomic E-state index is 13.3. The van der Waals surface area contributed by atoms with Crippen molar-refractivity contribution in [2.45, 2.75) is 52.2 Å². The number of benzene rings is 2. The van der Waals surface area contributed by atoms with Crippen LogP contribution in [0.2, 0.25) is 0 Å². The fourth-order valence-electron chi connectivity index (χ4n) is 2.94. The topological polar surface area (TPSA) is 92.6 Å². The Morgan fingerprint density at radius 2 is 1.77 bits per heavy atom. The van der Waals surface area contributed by atoms with Gasteiger partial charge in [-0.1, -0.05) is 37.3 Å². The molecule has 0 aromatic heterocycles. The lowest BCUT2D eigenvalue weighted by Crippen LogP contribution is -2.49. The number of para-hydroxylation sites is 1. The highest BCUT2D eigenvalue weighted by Gasteiger charge is 2.28. The maximum atomic E-state index is 13.3. The second kappa shape index (κ2) is 10.5. The fourth-order valence-corrected chi connectivity index (χ4v) is 2.94. The number of rotatable bonds is 9. The van der Waals surface area contributed by atoms with Gasteiger partial charge >= 0.3 is 0 Å². The summed E-state index contributed by atoms with van der Waals surface area (Å²) in [5, 5.41) is 14.1. The van der Waals surface area contributed by atoms with Gasteiger partial charge in [0.25, 0.3) is 5.69 Å². The summed E-state index contributed by atoms with van der Waals surface area (Å²) in [5.74, 6) is -1.15. The Labute approximate surface area is 175 Å². The minimum Gasteiger partial charge on any atom is -0.352 e. The summed E-state index contributed by atoms with van der Waals surface area (Å²) in [6.07, 6.45) is 0.514. The molecule has 0 aliphatic heterocycles. The average molecular weight is 415 g/mol. The van der Waals surface area contributed by atoms with Crippen LogP contribution in [0.25, 0.3) is 0 Å². The molecule has 0 aliphatic rings. The number of carbonyl (C=O) groups is 2. The van der Waals surface area contributed by atoms with Gasteiger partial charge in [-0.25, -0.2) is 4.39 Å². The van der Waals surface area contributed by atoms with E-state index in [0.717, 1.165) is 6.42 Å². The fraction of sp³-hybridized carbons (Fsp3) is 0.364. The first-order chi connectivity index (χ1) is 14.2. The third-order valence-corrected chi connectivity index (χ3v) is 4.96. The Hall–Kier alpha value is -3.29. The number of halogens is 1. The first kappa shape index (κ1) is 23.0. The summed E-state index contributed by atoms with van der Waals surface area (Å²) in [6, 6.07) is 10.8. The van der Waals surface area contributed by atoms with Crippen molar-refractivity contribution in [2.75, 3.05) is 0 Å². The van der Waals surface area contributed by atoms with Gasteiger partial charge < -0.3 is 10.2 Å². The molecule has 0 saturated heterocycles. The van der Waals surface area contributed by atoms with E-state index in [1.54, 1.807) is 25.1 Å². The van der Waals surface area contributed by atoms with Gasteiger partial charge in [0.1, 0.15) is 11.9 Å². The molecule has 2 rings (SSSR count). The van der Waals surface area contributed by atoms with E-state index in [0.29, 0.717) is 5.56 Å². The molecule has 0 aliphatic carbocycles. The number of amides is 2. The van der Waals surface area contributed by atoms with E-state index < -0.39 is 22.7 Å². The molecule has 0 spiro atoms. The van der Waals surface area contributed by atoms with Gasteiger partial charge in [-0.15, -0.1) is 0 Å². The van der Waals surface area contributed by atoms with Crippen LogP contribution in [0.15, 0.2) is 48.5 Å². The molecule has 7 nitrogen and oxygen atoms in total. The van der Waals surface area contributed by atoms with Crippen LogP contribution in [0.1, 0.15) is 38.3 Å². The number of hydrogen-bond donors (Lipinski definition) is 1. The van der Waals surface area contributed by atoms with Crippen LogP contribution in [0.4, 0.5) is 10.1 Å². The predicted molar refractivity (Wildman–Crippen MR) is 111 cm³/mol. The summed E-state index contributed by atoms with van der Waals surface area (Å²) in [5.41, 5.74) is 0.769. The number of carbonyl (C=O) groups excluding carboxylic acids is 2. The molecule has 0 saturated carbocycles. The third kappa shape index (κ3) is 6.10. The SMILES string of the molecule is CC[C@H](C)NC(=O)[C@@H](C)N(Cc1ccc(F)cc1)C(=O)Cc1ccccc1[N+](=O)[O-]. The first-order valence-corrected chi connectivity index (χ1v) is 9.79. The van der Waals surface area contributed by atoms with E-state index in [9.17, 15) is 24.1 Å². The van der Waals surface area contributed by atoms with E-state index in [-0.39, 0.29) is 36.2 Å². The van der Waals surface area contributed by atoms with Crippen LogP contribution < -0.4 is 5.32 Å². The van der Waals surface area contributed by atoms with Crippen LogP contribution >= 0.6 is 0 Å². The minimum absolute atomic E-state index is 0.0575. The van der Waals surface area contributed by atoms with Crippen molar-refractivity contribution in [3.8, 4) is 0 Å². The highest BCUT2D eigenvalue weighted by atomic mass is 19.1. The van der Waals surface area contributed by atoms with E-state index in [4.69, 9.17) is 0 Å². The van der Waals surface area contributed by atoms with Crippen LogP contribution in [-0.4, -0.2) is 33.7 Å². The molecule has 0 fully saturated rings. The van der Waals surface area contributed by atoms with Gasteiger partial charge in [0, 0.05) is 24.2 Å². The highest BCUT2D eigenvalue weighted by molar-refractivity contribution is 5.88. The second-order valence-electron chi connectivity index (χ2n) is 7.20. The van der Waals surface area contributed by atoms with E-state index in [1.807, 2.05) is 13.8 Å². The zero-order chi connectivity index (χ0) is 22.3. The molecule has 8 heteroatoms. The van der Waals surface area contributed by atoms with Crippen molar-refractivity contribution < 1.29 is 18.9 Å².